The molecule has 3 aliphatic rings. The number of carbonyl (C=O) groups excluding carboxylic acids is 2. The Labute approximate surface area is 226 Å². The van der Waals surface area contributed by atoms with Gasteiger partial charge in [-0.05, 0) is 75.2 Å². The van der Waals surface area contributed by atoms with Gasteiger partial charge in [0, 0.05) is 12.6 Å². The minimum Gasteiger partial charge on any atom is -0.461 e. The normalized spacial score (nSPS) is 20.1. The van der Waals surface area contributed by atoms with Crippen LogP contribution in [-0.2, 0) is 4.74 Å². The van der Waals surface area contributed by atoms with Gasteiger partial charge in [0.2, 0.25) is 5.01 Å². The molecule has 7 nitrogen and oxygen atoms in total. The van der Waals surface area contributed by atoms with Gasteiger partial charge in [-0.3, -0.25) is 4.79 Å². The molecule has 4 aromatic rings. The number of piperidine rings is 3. The van der Waals surface area contributed by atoms with E-state index in [1.54, 1.807) is 19.1 Å². The van der Waals surface area contributed by atoms with Crippen molar-refractivity contribution in [3.05, 3.63) is 58.0 Å². The predicted molar refractivity (Wildman–Crippen MR) is 143 cm³/mol. The summed E-state index contributed by atoms with van der Waals surface area (Å²) in [5.41, 5.74) is 1.30. The van der Waals surface area contributed by atoms with Crippen molar-refractivity contribution in [3.63, 3.8) is 0 Å². The third kappa shape index (κ3) is 6.23. The van der Waals surface area contributed by atoms with Crippen LogP contribution in [0.25, 0.3) is 20.4 Å². The molecule has 196 valence electrons. The number of benzene rings is 2. The average molecular weight is 567 g/mol. The van der Waals surface area contributed by atoms with Crippen molar-refractivity contribution in [3.8, 4) is 0 Å². The summed E-state index contributed by atoms with van der Waals surface area (Å²) in [5, 5.41) is 3.80. The van der Waals surface area contributed by atoms with Crippen LogP contribution in [0.3, 0.4) is 0 Å². The molecule has 3 aliphatic heterocycles. The topological polar surface area (TPSA) is 84.4 Å². The first-order chi connectivity index (χ1) is 17.4. The van der Waals surface area contributed by atoms with Gasteiger partial charge in [0.15, 0.2) is 5.01 Å². The smallest absolute Gasteiger partial charge is 0.367 e. The van der Waals surface area contributed by atoms with Crippen LogP contribution in [0, 0.1) is 17.6 Å². The lowest BCUT2D eigenvalue weighted by atomic mass is 9.84. The van der Waals surface area contributed by atoms with Gasteiger partial charge in [-0.1, -0.05) is 0 Å². The van der Waals surface area contributed by atoms with Crippen LogP contribution in [0.2, 0.25) is 0 Å². The molecular formula is C25H25ClF2N4O3S2. The fourth-order valence-corrected chi connectivity index (χ4v) is 6.31. The fraction of sp³-hybridized carbons (Fsp3) is 0.360. The van der Waals surface area contributed by atoms with E-state index in [-0.39, 0.29) is 41.0 Å². The molecule has 1 N–H and O–H groups in total. The number of hydrogen-bond acceptors (Lipinski definition) is 8. The zero-order valence-corrected chi connectivity index (χ0v) is 22.4. The molecule has 7 rings (SSSR count). The number of esters is 1. The molecule has 0 radical (unpaired) electrons. The summed E-state index contributed by atoms with van der Waals surface area (Å²) in [7, 11) is 0. The highest BCUT2D eigenvalue weighted by molar-refractivity contribution is 7.20. The minimum absolute atomic E-state index is 0. The Morgan fingerprint density at radius 3 is 2.11 bits per heavy atom. The maximum atomic E-state index is 13.2. The van der Waals surface area contributed by atoms with Gasteiger partial charge < -0.3 is 15.0 Å². The number of nitrogens with one attached hydrogen (secondary N) is 1. The highest BCUT2D eigenvalue weighted by atomic mass is 35.5. The first-order valence-electron chi connectivity index (χ1n) is 11.7. The quantitative estimate of drug-likeness (QED) is 0.338. The molecule has 2 aromatic carbocycles. The van der Waals surface area contributed by atoms with Crippen molar-refractivity contribution in [1.29, 1.82) is 0 Å². The van der Waals surface area contributed by atoms with Gasteiger partial charge in [0.05, 0.1) is 27.0 Å². The summed E-state index contributed by atoms with van der Waals surface area (Å²) >= 11 is 2.39. The van der Waals surface area contributed by atoms with E-state index in [9.17, 15) is 18.4 Å². The molecule has 3 saturated heterocycles. The highest BCUT2D eigenvalue weighted by Crippen LogP contribution is 2.29. The highest BCUT2D eigenvalue weighted by Gasteiger charge is 2.35. The van der Waals surface area contributed by atoms with Gasteiger partial charge in [-0.15, -0.1) is 35.1 Å². The summed E-state index contributed by atoms with van der Waals surface area (Å²) in [6.07, 6.45) is 2.33. The summed E-state index contributed by atoms with van der Waals surface area (Å²) < 4.78 is 32.2. The third-order valence-corrected chi connectivity index (χ3v) is 8.33. The van der Waals surface area contributed by atoms with E-state index < -0.39 is 5.97 Å². The SMILES string of the molecule is CCOC(=O)c1nc2ccc(F)cc2s1.Cl.O=C(N[C@H]1CN2CCC1CC2)c1nc2ccc(F)cc2s1. The molecule has 1 amide bonds. The Balaban J connectivity index is 0.000000178. The third-order valence-electron chi connectivity index (χ3n) is 6.32. The van der Waals surface area contributed by atoms with Crippen LogP contribution < -0.4 is 5.32 Å². The Bertz CT molecular complexity index is 1420. The molecule has 5 heterocycles. The van der Waals surface area contributed by atoms with Crippen LogP contribution in [0.5, 0.6) is 0 Å². The van der Waals surface area contributed by atoms with Crippen molar-refractivity contribution in [2.45, 2.75) is 25.8 Å². The van der Waals surface area contributed by atoms with Gasteiger partial charge in [0.25, 0.3) is 5.91 Å². The lowest BCUT2D eigenvalue weighted by Gasteiger charge is -2.44. The van der Waals surface area contributed by atoms with Crippen molar-refractivity contribution in [2.24, 2.45) is 5.92 Å². The number of nitrogens with zero attached hydrogens (tertiary/aromatic N) is 3. The van der Waals surface area contributed by atoms with Crippen molar-refractivity contribution >= 4 is 67.4 Å². The molecule has 0 aliphatic carbocycles. The van der Waals surface area contributed by atoms with Gasteiger partial charge >= 0.3 is 5.97 Å². The van der Waals surface area contributed by atoms with Gasteiger partial charge in [0.1, 0.15) is 11.6 Å². The molecule has 1 atom stereocenters. The lowest BCUT2D eigenvalue weighted by Crippen LogP contribution is -2.57. The standard InChI is InChI=1S/C15H16FN3OS.C10H8FNO2S.ClH/c16-10-1-2-11-13(7-10)21-15(18-11)14(20)17-12-8-19-5-3-9(12)4-6-19;1-2-14-10(13)9-12-7-4-3-6(11)5-8(7)15-9;/h1-2,7,9,12H,3-6,8H2,(H,17,20);3-5H,2H2,1H3;1H/t12-;;/m0../s1. The lowest BCUT2D eigenvalue weighted by molar-refractivity contribution is 0.0526. The number of amides is 1. The number of hydrogen-bond donors (Lipinski definition) is 1. The Hall–Kier alpha value is -2.73. The molecule has 0 unspecified atom stereocenters. The van der Waals surface area contributed by atoms with Crippen molar-refractivity contribution in [1.82, 2.24) is 20.2 Å². The van der Waals surface area contributed by atoms with E-state index in [1.807, 2.05) is 0 Å². The largest absolute Gasteiger partial charge is 0.461 e. The first kappa shape index (κ1) is 27.3. The van der Waals surface area contributed by atoms with E-state index in [1.165, 1.54) is 35.6 Å². The second kappa shape index (κ2) is 11.8. The zero-order valence-electron chi connectivity index (χ0n) is 19.9. The number of aromatic nitrogens is 2. The number of ether oxygens (including phenoxy) is 1. The Kier molecular flexibility index (Phi) is 8.68. The number of carbonyl (C=O) groups is 2. The second-order valence-electron chi connectivity index (χ2n) is 8.70. The van der Waals surface area contributed by atoms with Crippen LogP contribution >= 0.6 is 35.1 Å². The van der Waals surface area contributed by atoms with E-state index in [4.69, 9.17) is 4.74 Å². The molecular weight excluding hydrogens is 542 g/mol. The number of thiazole rings is 2. The Morgan fingerprint density at radius 2 is 1.57 bits per heavy atom. The first-order valence-corrected chi connectivity index (χ1v) is 13.4. The number of rotatable bonds is 4. The molecule has 12 heteroatoms. The van der Waals surface area contributed by atoms with Crippen molar-refractivity contribution in [2.75, 3.05) is 26.2 Å². The van der Waals surface area contributed by atoms with E-state index >= 15 is 0 Å². The Morgan fingerprint density at radius 1 is 1.00 bits per heavy atom. The number of fused-ring (bicyclic) bond motifs is 5. The fourth-order valence-electron chi connectivity index (χ4n) is 4.53. The van der Waals surface area contributed by atoms with Gasteiger partial charge in [-0.25, -0.2) is 23.5 Å². The second-order valence-corrected chi connectivity index (χ2v) is 10.8. The average Bonchev–Trinajstić information content (AvgIpc) is 3.49. The molecule has 0 saturated carbocycles. The minimum atomic E-state index is -0.459. The van der Waals surface area contributed by atoms with Crippen LogP contribution in [-0.4, -0.2) is 59.0 Å². The van der Waals surface area contributed by atoms with Gasteiger partial charge in [-0.2, -0.15) is 0 Å². The number of halogens is 3. The maximum absolute atomic E-state index is 13.2. The molecule has 2 bridgehead atoms. The molecule has 37 heavy (non-hydrogen) atoms. The van der Waals surface area contributed by atoms with E-state index in [0.717, 1.165) is 43.8 Å². The summed E-state index contributed by atoms with van der Waals surface area (Å²) in [6, 6.07) is 8.86. The zero-order chi connectivity index (χ0) is 25.2. The summed E-state index contributed by atoms with van der Waals surface area (Å²) in [6.45, 7) is 5.28. The van der Waals surface area contributed by atoms with E-state index in [2.05, 4.69) is 20.2 Å². The van der Waals surface area contributed by atoms with Crippen LogP contribution in [0.4, 0.5) is 8.78 Å². The summed E-state index contributed by atoms with van der Waals surface area (Å²) in [5.74, 6) is -0.628. The predicted octanol–water partition coefficient (Wildman–Crippen LogP) is 5.29. The van der Waals surface area contributed by atoms with Crippen molar-refractivity contribution < 1.29 is 23.1 Å². The van der Waals surface area contributed by atoms with Crippen LogP contribution in [0.15, 0.2) is 36.4 Å². The monoisotopic (exact) mass is 566 g/mol. The molecule has 3 fully saturated rings. The summed E-state index contributed by atoms with van der Waals surface area (Å²) in [4.78, 5) is 34.5. The van der Waals surface area contributed by atoms with Crippen LogP contribution in [0.1, 0.15) is 39.4 Å². The molecule has 2 aromatic heterocycles. The maximum Gasteiger partial charge on any atom is 0.367 e. The van der Waals surface area contributed by atoms with E-state index in [0.29, 0.717) is 38.0 Å². The molecule has 0 spiro atoms.